The topological polar surface area (TPSA) is 52.6 Å². The third-order valence-corrected chi connectivity index (χ3v) is 1.30. The molecule has 84 valence electrons. The highest BCUT2D eigenvalue weighted by Gasteiger charge is 2.29. The number of hydrogen-bond donors (Lipinski definition) is 2. The molecular formula is C7H13F3N2O2. The van der Waals surface area contributed by atoms with Crippen molar-refractivity contribution in [3.8, 4) is 0 Å². The van der Waals surface area contributed by atoms with Gasteiger partial charge >= 0.3 is 6.18 Å². The molecule has 0 saturated carbocycles. The number of likely N-dealkylation sites (N-methyl/N-ethyl adjacent to an activating group) is 1. The van der Waals surface area contributed by atoms with Gasteiger partial charge in [0.05, 0.1) is 19.7 Å². The van der Waals surface area contributed by atoms with Crippen LogP contribution in [-0.4, -0.2) is 55.4 Å². The van der Waals surface area contributed by atoms with E-state index in [1.807, 2.05) is 0 Å². The van der Waals surface area contributed by atoms with Crippen molar-refractivity contribution in [2.75, 3.05) is 33.3 Å². The fraction of sp³-hybridized carbons (Fsp3) is 0.857. The zero-order valence-corrected chi connectivity index (χ0v) is 7.76. The number of halogens is 3. The van der Waals surface area contributed by atoms with Crippen LogP contribution in [0.15, 0.2) is 0 Å². The molecule has 0 aromatic rings. The first-order chi connectivity index (χ1) is 6.35. The normalized spacial score (nSPS) is 11.9. The van der Waals surface area contributed by atoms with Gasteiger partial charge in [-0.1, -0.05) is 0 Å². The van der Waals surface area contributed by atoms with Gasteiger partial charge in [0.2, 0.25) is 5.91 Å². The van der Waals surface area contributed by atoms with Gasteiger partial charge in [-0.15, -0.1) is 0 Å². The van der Waals surface area contributed by atoms with Crippen LogP contribution in [-0.2, 0) is 4.79 Å². The molecular weight excluding hydrogens is 201 g/mol. The molecule has 4 nitrogen and oxygen atoms in total. The minimum absolute atomic E-state index is 0.0543. The highest BCUT2D eigenvalue weighted by Crippen LogP contribution is 2.14. The van der Waals surface area contributed by atoms with E-state index < -0.39 is 18.6 Å². The number of carbonyl (C=O) groups is 1. The molecule has 0 aromatic carbocycles. The Labute approximate surface area is 79.7 Å². The molecule has 7 heteroatoms. The molecule has 0 saturated heterocycles. The van der Waals surface area contributed by atoms with Crippen molar-refractivity contribution in [2.45, 2.75) is 6.18 Å². The van der Waals surface area contributed by atoms with Crippen LogP contribution in [0.25, 0.3) is 0 Å². The van der Waals surface area contributed by atoms with Gasteiger partial charge in [-0.05, 0) is 7.05 Å². The van der Waals surface area contributed by atoms with Gasteiger partial charge in [-0.25, -0.2) is 0 Å². The summed E-state index contributed by atoms with van der Waals surface area (Å²) in [5.41, 5.74) is 0. The third kappa shape index (κ3) is 7.81. The van der Waals surface area contributed by atoms with Crippen molar-refractivity contribution in [2.24, 2.45) is 0 Å². The van der Waals surface area contributed by atoms with E-state index in [4.69, 9.17) is 5.11 Å². The molecule has 0 aromatic heterocycles. The summed E-state index contributed by atoms with van der Waals surface area (Å²) in [6, 6.07) is 0. The van der Waals surface area contributed by atoms with Gasteiger partial charge in [0.25, 0.3) is 0 Å². The molecule has 0 aliphatic carbocycles. The van der Waals surface area contributed by atoms with E-state index in [-0.39, 0.29) is 19.7 Å². The molecule has 0 fully saturated rings. The van der Waals surface area contributed by atoms with E-state index in [0.717, 1.165) is 4.90 Å². The van der Waals surface area contributed by atoms with E-state index in [2.05, 4.69) is 5.32 Å². The first-order valence-electron chi connectivity index (χ1n) is 3.98. The van der Waals surface area contributed by atoms with Crippen LogP contribution < -0.4 is 5.32 Å². The quantitative estimate of drug-likeness (QED) is 0.654. The Morgan fingerprint density at radius 3 is 2.50 bits per heavy atom. The molecule has 0 atom stereocenters. The van der Waals surface area contributed by atoms with Crippen molar-refractivity contribution in [1.82, 2.24) is 10.2 Å². The zero-order chi connectivity index (χ0) is 11.2. The summed E-state index contributed by atoms with van der Waals surface area (Å²) < 4.78 is 35.4. The zero-order valence-electron chi connectivity index (χ0n) is 7.76. The third-order valence-electron chi connectivity index (χ3n) is 1.30. The van der Waals surface area contributed by atoms with Crippen molar-refractivity contribution >= 4 is 5.91 Å². The van der Waals surface area contributed by atoms with Gasteiger partial charge in [0.15, 0.2) is 0 Å². The predicted octanol–water partition coefficient (Wildman–Crippen LogP) is -0.411. The van der Waals surface area contributed by atoms with Crippen LogP contribution in [0.5, 0.6) is 0 Å². The molecule has 2 N–H and O–H groups in total. The van der Waals surface area contributed by atoms with E-state index in [1.165, 1.54) is 7.05 Å². The van der Waals surface area contributed by atoms with Gasteiger partial charge in [0.1, 0.15) is 0 Å². The Balaban J connectivity index is 3.71. The number of alkyl halides is 3. The van der Waals surface area contributed by atoms with Crippen molar-refractivity contribution in [3.63, 3.8) is 0 Å². The van der Waals surface area contributed by atoms with E-state index in [1.54, 1.807) is 0 Å². The second-order valence-corrected chi connectivity index (χ2v) is 2.86. The Kier molecular flexibility index (Phi) is 5.47. The molecule has 0 aliphatic heterocycles. The van der Waals surface area contributed by atoms with Crippen LogP contribution in [0.3, 0.4) is 0 Å². The number of rotatable bonds is 5. The summed E-state index contributed by atoms with van der Waals surface area (Å²) in [4.78, 5) is 11.7. The standard InChI is InChI=1S/C7H13F3N2O2/c1-12(5-7(8,9)10)4-6(14)11-2-3-13/h13H,2-5H2,1H3,(H,11,14). The highest BCUT2D eigenvalue weighted by atomic mass is 19.4. The van der Waals surface area contributed by atoms with Gasteiger partial charge in [-0.2, -0.15) is 13.2 Å². The fourth-order valence-electron chi connectivity index (χ4n) is 0.858. The number of hydrogen-bond acceptors (Lipinski definition) is 3. The summed E-state index contributed by atoms with van der Waals surface area (Å²) >= 11 is 0. The number of nitrogens with zero attached hydrogens (tertiary/aromatic N) is 1. The SMILES string of the molecule is CN(CC(=O)NCCO)CC(F)(F)F. The number of nitrogens with one attached hydrogen (secondary N) is 1. The molecule has 0 aliphatic rings. The van der Waals surface area contributed by atoms with Crippen molar-refractivity contribution in [3.05, 3.63) is 0 Å². The summed E-state index contributed by atoms with van der Waals surface area (Å²) in [6.45, 7) is -1.63. The molecule has 14 heavy (non-hydrogen) atoms. The van der Waals surface area contributed by atoms with Crippen LogP contribution >= 0.6 is 0 Å². The minimum Gasteiger partial charge on any atom is -0.395 e. The maximum Gasteiger partial charge on any atom is 0.401 e. The fourth-order valence-corrected chi connectivity index (χ4v) is 0.858. The molecule has 0 unspecified atom stereocenters. The van der Waals surface area contributed by atoms with Crippen LogP contribution in [0.1, 0.15) is 0 Å². The van der Waals surface area contributed by atoms with Crippen LogP contribution in [0.2, 0.25) is 0 Å². The number of aliphatic hydroxyl groups is 1. The Morgan fingerprint density at radius 2 is 2.07 bits per heavy atom. The van der Waals surface area contributed by atoms with Gasteiger partial charge in [-0.3, -0.25) is 9.69 Å². The molecule has 0 spiro atoms. The lowest BCUT2D eigenvalue weighted by atomic mass is 10.4. The van der Waals surface area contributed by atoms with Crippen LogP contribution in [0.4, 0.5) is 13.2 Å². The largest absolute Gasteiger partial charge is 0.401 e. The lowest BCUT2D eigenvalue weighted by molar-refractivity contribution is -0.146. The highest BCUT2D eigenvalue weighted by molar-refractivity contribution is 5.77. The van der Waals surface area contributed by atoms with Gasteiger partial charge in [0, 0.05) is 6.54 Å². The Bertz CT molecular complexity index is 184. The monoisotopic (exact) mass is 214 g/mol. The second kappa shape index (κ2) is 5.82. The van der Waals surface area contributed by atoms with Gasteiger partial charge < -0.3 is 10.4 Å². The first kappa shape index (κ1) is 13.2. The molecule has 0 rings (SSSR count). The lowest BCUT2D eigenvalue weighted by Crippen LogP contribution is -2.40. The number of carbonyl (C=O) groups excluding carboxylic acids is 1. The van der Waals surface area contributed by atoms with E-state index in [9.17, 15) is 18.0 Å². The summed E-state index contributed by atoms with van der Waals surface area (Å²) in [5, 5.41) is 10.6. The number of amides is 1. The van der Waals surface area contributed by atoms with Crippen LogP contribution in [0, 0.1) is 0 Å². The first-order valence-corrected chi connectivity index (χ1v) is 3.98. The Hall–Kier alpha value is -0.820. The predicted molar refractivity (Wildman–Crippen MR) is 43.6 cm³/mol. The molecule has 0 radical (unpaired) electrons. The molecule has 0 heterocycles. The summed E-state index contributed by atoms with van der Waals surface area (Å²) in [6.07, 6.45) is -4.30. The average Bonchev–Trinajstić information content (AvgIpc) is 1.96. The van der Waals surface area contributed by atoms with Crippen molar-refractivity contribution < 1.29 is 23.1 Å². The number of aliphatic hydroxyl groups excluding tert-OH is 1. The van der Waals surface area contributed by atoms with Crippen molar-refractivity contribution in [1.29, 1.82) is 0 Å². The second-order valence-electron chi connectivity index (χ2n) is 2.86. The molecule has 0 bridgehead atoms. The minimum atomic E-state index is -4.30. The average molecular weight is 214 g/mol. The maximum atomic E-state index is 11.8. The maximum absolute atomic E-state index is 11.8. The summed E-state index contributed by atoms with van der Waals surface area (Å²) in [7, 11) is 1.20. The Morgan fingerprint density at radius 1 is 1.50 bits per heavy atom. The summed E-state index contributed by atoms with van der Waals surface area (Å²) in [5.74, 6) is -0.536. The lowest BCUT2D eigenvalue weighted by Gasteiger charge is -2.17. The molecule has 1 amide bonds. The smallest absolute Gasteiger partial charge is 0.395 e. The van der Waals surface area contributed by atoms with E-state index in [0.29, 0.717) is 0 Å². The van der Waals surface area contributed by atoms with E-state index >= 15 is 0 Å².